The molecule has 8 heteroatoms. The normalized spacial score (nSPS) is 11.3. The van der Waals surface area contributed by atoms with Gasteiger partial charge in [0, 0.05) is 11.4 Å². The molecule has 2 heterocycles. The van der Waals surface area contributed by atoms with Crippen LogP contribution in [0.5, 0.6) is 0 Å². The molecule has 0 spiro atoms. The van der Waals surface area contributed by atoms with Crippen LogP contribution in [0, 0.1) is 6.92 Å². The van der Waals surface area contributed by atoms with Gasteiger partial charge >= 0.3 is 0 Å². The summed E-state index contributed by atoms with van der Waals surface area (Å²) >= 11 is 1.17. The summed E-state index contributed by atoms with van der Waals surface area (Å²) in [5.41, 5.74) is 3.80. The van der Waals surface area contributed by atoms with Gasteiger partial charge in [0.05, 0.1) is 16.6 Å². The first-order valence-corrected chi connectivity index (χ1v) is 12.8. The molecule has 2 aromatic heterocycles. The van der Waals surface area contributed by atoms with Crippen molar-refractivity contribution in [3.8, 4) is 0 Å². The molecule has 0 atom stereocenters. The van der Waals surface area contributed by atoms with Gasteiger partial charge in [0.25, 0.3) is 11.5 Å². The summed E-state index contributed by atoms with van der Waals surface area (Å²) < 4.78 is 1.29. The third-order valence-electron chi connectivity index (χ3n) is 6.11. The smallest absolute Gasteiger partial charge is 0.266 e. The van der Waals surface area contributed by atoms with Crippen LogP contribution >= 0.6 is 11.3 Å². The van der Waals surface area contributed by atoms with Gasteiger partial charge < -0.3 is 10.6 Å². The average molecular weight is 503 g/mol. The minimum Gasteiger partial charge on any atom is -0.324 e. The molecule has 4 aromatic rings. The molecule has 4 rings (SSSR count). The Labute approximate surface area is 214 Å². The lowest BCUT2D eigenvalue weighted by atomic mass is 9.92. The van der Waals surface area contributed by atoms with Gasteiger partial charge in [-0.1, -0.05) is 64.1 Å². The second kappa shape index (κ2) is 10.5. The van der Waals surface area contributed by atoms with E-state index in [1.54, 1.807) is 19.1 Å². The van der Waals surface area contributed by atoms with E-state index < -0.39 is 0 Å². The molecule has 0 aliphatic carbocycles. The number of fused-ring (bicyclic) bond motifs is 1. The Kier molecular flexibility index (Phi) is 7.35. The number of thiophene rings is 1. The summed E-state index contributed by atoms with van der Waals surface area (Å²) in [5, 5.41) is 6.26. The van der Waals surface area contributed by atoms with Gasteiger partial charge in [-0.15, -0.1) is 11.3 Å². The molecule has 2 aromatic carbocycles. The quantitative estimate of drug-likeness (QED) is 0.329. The number of carbonyl (C=O) groups excluding carboxylic acids is 2. The summed E-state index contributed by atoms with van der Waals surface area (Å²) in [6.45, 7) is 9.90. The van der Waals surface area contributed by atoms with Crippen LogP contribution in [-0.4, -0.2) is 21.4 Å². The first kappa shape index (κ1) is 25.3. The highest BCUT2D eigenvalue weighted by atomic mass is 32.1. The summed E-state index contributed by atoms with van der Waals surface area (Å²) in [7, 11) is 0. The minimum atomic E-state index is -0.344. The lowest BCUT2D eigenvalue weighted by Gasteiger charge is -2.20. The fraction of sp³-hybridized carbons (Fsp3) is 0.286. The number of carbonyl (C=O) groups is 2. The summed E-state index contributed by atoms with van der Waals surface area (Å²) in [4.78, 5) is 44.5. The van der Waals surface area contributed by atoms with Crippen LogP contribution in [0.15, 0.2) is 59.7 Å². The predicted octanol–water partition coefficient (Wildman–Crippen LogP) is 5.90. The van der Waals surface area contributed by atoms with E-state index in [2.05, 4.69) is 43.3 Å². The van der Waals surface area contributed by atoms with Crippen molar-refractivity contribution in [1.82, 2.24) is 9.55 Å². The van der Waals surface area contributed by atoms with Gasteiger partial charge in [0.2, 0.25) is 5.91 Å². The Morgan fingerprint density at radius 2 is 1.58 bits per heavy atom. The van der Waals surface area contributed by atoms with Gasteiger partial charge in [0.15, 0.2) is 0 Å². The highest BCUT2D eigenvalue weighted by Crippen LogP contribution is 2.32. The Hall–Kier alpha value is -3.78. The van der Waals surface area contributed by atoms with Crippen LogP contribution in [0.4, 0.5) is 11.4 Å². The number of hydrogen-bond acceptors (Lipinski definition) is 5. The second-order valence-electron chi connectivity index (χ2n) is 9.40. The van der Waals surface area contributed by atoms with E-state index in [1.165, 1.54) is 22.2 Å². The fourth-order valence-electron chi connectivity index (χ4n) is 4.23. The van der Waals surface area contributed by atoms with Crippen molar-refractivity contribution in [2.75, 3.05) is 10.6 Å². The summed E-state index contributed by atoms with van der Waals surface area (Å²) in [5.74, 6) is -0.137. The number of nitrogens with one attached hydrogen (secondary N) is 2. The molecule has 7 nitrogen and oxygen atoms in total. The molecule has 0 bridgehead atoms. The standard InChI is InChI=1S/C28H30N4O3S/c1-16(2)20-12-9-13-21(17(3)4)24(20)31-22(33)14-32-15-29-27-23(28(32)35)18(5)25(36-27)26(34)30-19-10-7-6-8-11-19/h6-13,15-17H,14H2,1-5H3,(H,30,34)(H,31,33). The maximum absolute atomic E-state index is 13.3. The van der Waals surface area contributed by atoms with E-state index in [0.717, 1.165) is 16.8 Å². The lowest BCUT2D eigenvalue weighted by molar-refractivity contribution is -0.116. The van der Waals surface area contributed by atoms with E-state index in [0.29, 0.717) is 26.3 Å². The van der Waals surface area contributed by atoms with Crippen LogP contribution in [0.1, 0.15) is 65.9 Å². The number of aromatic nitrogens is 2. The molecule has 0 fully saturated rings. The van der Waals surface area contributed by atoms with E-state index in [1.807, 2.05) is 36.4 Å². The SMILES string of the molecule is Cc1c(C(=O)Nc2ccccc2)sc2ncn(CC(=O)Nc3c(C(C)C)cccc3C(C)C)c(=O)c12. The van der Waals surface area contributed by atoms with Crippen LogP contribution in [0.3, 0.4) is 0 Å². The van der Waals surface area contributed by atoms with Gasteiger partial charge in [-0.25, -0.2) is 4.98 Å². The zero-order valence-electron chi connectivity index (χ0n) is 21.1. The molecule has 2 amide bonds. The van der Waals surface area contributed by atoms with Crippen LogP contribution in [0.25, 0.3) is 10.2 Å². The van der Waals surface area contributed by atoms with Crippen molar-refractivity contribution in [2.24, 2.45) is 0 Å². The number of hydrogen-bond donors (Lipinski definition) is 2. The highest BCUT2D eigenvalue weighted by Gasteiger charge is 2.21. The topological polar surface area (TPSA) is 93.1 Å². The van der Waals surface area contributed by atoms with Crippen molar-refractivity contribution in [3.63, 3.8) is 0 Å². The van der Waals surface area contributed by atoms with Crippen molar-refractivity contribution >= 4 is 44.7 Å². The summed E-state index contributed by atoms with van der Waals surface area (Å²) in [6, 6.07) is 15.2. The second-order valence-corrected chi connectivity index (χ2v) is 10.4. The highest BCUT2D eigenvalue weighted by molar-refractivity contribution is 7.20. The zero-order valence-corrected chi connectivity index (χ0v) is 21.9. The third kappa shape index (κ3) is 5.09. The average Bonchev–Trinajstić information content (AvgIpc) is 3.18. The Morgan fingerprint density at radius 1 is 0.944 bits per heavy atom. The summed E-state index contributed by atoms with van der Waals surface area (Å²) in [6.07, 6.45) is 1.37. The van der Waals surface area contributed by atoms with Crippen molar-refractivity contribution in [3.05, 3.63) is 86.8 Å². The number of amides is 2. The molecule has 0 saturated heterocycles. The van der Waals surface area contributed by atoms with E-state index in [4.69, 9.17) is 0 Å². The van der Waals surface area contributed by atoms with Crippen molar-refractivity contribution in [2.45, 2.75) is 53.0 Å². The molecule has 0 aliphatic heterocycles. The Bertz CT molecular complexity index is 1460. The zero-order chi connectivity index (χ0) is 26.0. The molecule has 186 valence electrons. The lowest BCUT2D eigenvalue weighted by Crippen LogP contribution is -2.28. The predicted molar refractivity (Wildman–Crippen MR) is 146 cm³/mol. The van der Waals surface area contributed by atoms with Gasteiger partial charge in [-0.3, -0.25) is 19.0 Å². The van der Waals surface area contributed by atoms with Gasteiger partial charge in [-0.2, -0.15) is 0 Å². The number of rotatable bonds is 7. The molecule has 2 N–H and O–H groups in total. The molecule has 0 unspecified atom stereocenters. The van der Waals surface area contributed by atoms with Crippen LogP contribution < -0.4 is 16.2 Å². The van der Waals surface area contributed by atoms with Gasteiger partial charge in [0.1, 0.15) is 11.4 Å². The number of benzene rings is 2. The molecule has 36 heavy (non-hydrogen) atoms. The molecular formula is C28H30N4O3S. The monoisotopic (exact) mass is 502 g/mol. The van der Waals surface area contributed by atoms with Crippen molar-refractivity contribution in [1.29, 1.82) is 0 Å². The third-order valence-corrected chi connectivity index (χ3v) is 7.31. The Balaban J connectivity index is 1.61. The maximum atomic E-state index is 13.3. The number of aryl methyl sites for hydroxylation is 1. The molecule has 0 radical (unpaired) electrons. The molecular weight excluding hydrogens is 472 g/mol. The minimum absolute atomic E-state index is 0.174. The van der Waals surface area contributed by atoms with Crippen LogP contribution in [0.2, 0.25) is 0 Å². The Morgan fingerprint density at radius 3 is 2.19 bits per heavy atom. The van der Waals surface area contributed by atoms with E-state index in [9.17, 15) is 14.4 Å². The first-order valence-electron chi connectivity index (χ1n) is 11.9. The van der Waals surface area contributed by atoms with Crippen molar-refractivity contribution < 1.29 is 9.59 Å². The van der Waals surface area contributed by atoms with Crippen LogP contribution in [-0.2, 0) is 11.3 Å². The number of para-hydroxylation sites is 2. The molecule has 0 saturated carbocycles. The van der Waals surface area contributed by atoms with E-state index in [-0.39, 0.29) is 35.8 Å². The number of anilines is 2. The maximum Gasteiger partial charge on any atom is 0.266 e. The first-order chi connectivity index (χ1) is 17.2. The largest absolute Gasteiger partial charge is 0.324 e. The molecule has 0 aliphatic rings. The fourth-order valence-corrected chi connectivity index (χ4v) is 5.26. The van der Waals surface area contributed by atoms with E-state index >= 15 is 0 Å². The van der Waals surface area contributed by atoms with Gasteiger partial charge in [-0.05, 0) is 47.6 Å². The number of nitrogens with zero attached hydrogens (tertiary/aromatic N) is 2.